The van der Waals surface area contributed by atoms with E-state index in [0.29, 0.717) is 31.2 Å². The minimum Gasteiger partial charge on any atom is -0.350 e. The molecule has 1 saturated carbocycles. The molecule has 0 spiro atoms. The maximum Gasteiger partial charge on any atom is 0.393 e. The predicted molar refractivity (Wildman–Crippen MR) is 102 cm³/mol. The fraction of sp³-hybridized carbons (Fsp3) is 0.571. The van der Waals surface area contributed by atoms with Gasteiger partial charge in [0.05, 0.1) is 38.1 Å². The van der Waals surface area contributed by atoms with Crippen LogP contribution in [0, 0.1) is 23.2 Å². The standard InChI is InChI=1S/C21H23F3N4O2/c1-20(2)12-29-18(30-13-20)11-28-10-17(26-27-28)19-16(8-21(22,23)24)7-15(9-25-19)6-5-14-3-4-14/h7,9-10,14,18H,3-4,8,11-13H2,1-2H3. The maximum absolute atomic E-state index is 13.1. The molecule has 0 N–H and O–H groups in total. The molecule has 6 nitrogen and oxygen atoms in total. The first-order chi connectivity index (χ1) is 14.2. The van der Waals surface area contributed by atoms with E-state index in [4.69, 9.17) is 9.47 Å². The fourth-order valence-electron chi connectivity index (χ4n) is 3.05. The number of ether oxygens (including phenoxy) is 2. The van der Waals surface area contributed by atoms with E-state index in [0.717, 1.165) is 12.8 Å². The number of aromatic nitrogens is 4. The molecule has 2 aromatic rings. The molecule has 1 aliphatic carbocycles. The third kappa shape index (κ3) is 5.58. The number of nitrogens with zero attached hydrogens (tertiary/aromatic N) is 4. The van der Waals surface area contributed by atoms with Crippen LogP contribution in [0.25, 0.3) is 11.4 Å². The van der Waals surface area contributed by atoms with Gasteiger partial charge >= 0.3 is 6.18 Å². The van der Waals surface area contributed by atoms with Crippen molar-refractivity contribution in [2.45, 2.75) is 52.1 Å². The summed E-state index contributed by atoms with van der Waals surface area (Å²) < 4.78 is 52.2. The van der Waals surface area contributed by atoms with Crippen LogP contribution in [0.15, 0.2) is 18.5 Å². The van der Waals surface area contributed by atoms with E-state index < -0.39 is 18.9 Å². The van der Waals surface area contributed by atoms with Crippen LogP contribution in [0.2, 0.25) is 0 Å². The van der Waals surface area contributed by atoms with Crippen molar-refractivity contribution in [3.05, 3.63) is 29.6 Å². The highest BCUT2D eigenvalue weighted by Gasteiger charge is 2.31. The van der Waals surface area contributed by atoms with Crippen LogP contribution < -0.4 is 0 Å². The van der Waals surface area contributed by atoms with Crippen molar-refractivity contribution in [2.75, 3.05) is 13.2 Å². The Kier molecular flexibility index (Phi) is 5.55. The van der Waals surface area contributed by atoms with E-state index in [1.807, 2.05) is 13.8 Å². The van der Waals surface area contributed by atoms with Gasteiger partial charge in [0, 0.05) is 23.1 Å². The molecule has 0 aromatic carbocycles. The van der Waals surface area contributed by atoms with E-state index in [9.17, 15) is 13.2 Å². The van der Waals surface area contributed by atoms with Crippen molar-refractivity contribution in [2.24, 2.45) is 11.3 Å². The molecule has 3 heterocycles. The minimum absolute atomic E-state index is 0.0315. The molecule has 0 amide bonds. The Morgan fingerprint density at radius 1 is 1.23 bits per heavy atom. The highest BCUT2D eigenvalue weighted by molar-refractivity contribution is 5.59. The van der Waals surface area contributed by atoms with Crippen molar-refractivity contribution >= 4 is 0 Å². The summed E-state index contributed by atoms with van der Waals surface area (Å²) in [5, 5.41) is 8.03. The molecule has 0 atom stereocenters. The largest absolute Gasteiger partial charge is 0.393 e. The average molecular weight is 420 g/mol. The van der Waals surface area contributed by atoms with Crippen LogP contribution >= 0.6 is 0 Å². The average Bonchev–Trinajstić information content (AvgIpc) is 3.38. The summed E-state index contributed by atoms with van der Waals surface area (Å²) in [7, 11) is 0. The molecule has 0 unspecified atom stereocenters. The van der Waals surface area contributed by atoms with Crippen molar-refractivity contribution < 1.29 is 22.6 Å². The van der Waals surface area contributed by atoms with Gasteiger partial charge in [0.25, 0.3) is 0 Å². The highest BCUT2D eigenvalue weighted by Crippen LogP contribution is 2.30. The lowest BCUT2D eigenvalue weighted by atomic mass is 9.96. The summed E-state index contributed by atoms with van der Waals surface area (Å²) in [5.41, 5.74) is 0.882. The lowest BCUT2D eigenvalue weighted by molar-refractivity contribution is -0.227. The van der Waals surface area contributed by atoms with E-state index in [2.05, 4.69) is 27.1 Å². The van der Waals surface area contributed by atoms with Gasteiger partial charge in [-0.25, -0.2) is 4.68 Å². The molecule has 9 heteroatoms. The van der Waals surface area contributed by atoms with Gasteiger partial charge in [-0.1, -0.05) is 30.9 Å². The third-order valence-corrected chi connectivity index (χ3v) is 4.79. The van der Waals surface area contributed by atoms with Gasteiger partial charge in [-0.2, -0.15) is 13.2 Å². The highest BCUT2D eigenvalue weighted by atomic mass is 19.4. The van der Waals surface area contributed by atoms with Gasteiger partial charge in [-0.3, -0.25) is 4.98 Å². The SMILES string of the molecule is CC1(C)COC(Cn2cc(-c3ncc(C#CC4CC4)cc3CC(F)(F)F)nn2)OC1. The number of hydrogen-bond acceptors (Lipinski definition) is 5. The first-order valence-corrected chi connectivity index (χ1v) is 9.88. The van der Waals surface area contributed by atoms with Gasteiger partial charge in [0.1, 0.15) is 5.69 Å². The molecule has 1 aliphatic heterocycles. The zero-order valence-corrected chi connectivity index (χ0v) is 16.9. The summed E-state index contributed by atoms with van der Waals surface area (Å²) in [6.45, 7) is 5.50. The number of pyridine rings is 1. The van der Waals surface area contributed by atoms with Gasteiger partial charge in [-0.05, 0) is 24.5 Å². The maximum atomic E-state index is 13.1. The Balaban J connectivity index is 1.53. The first-order valence-electron chi connectivity index (χ1n) is 9.88. The van der Waals surface area contributed by atoms with Crippen LogP contribution in [0.3, 0.4) is 0 Å². The quantitative estimate of drug-likeness (QED) is 0.708. The molecule has 160 valence electrons. The van der Waals surface area contributed by atoms with Gasteiger partial charge in [0.2, 0.25) is 0 Å². The normalized spacial score (nSPS) is 19.4. The molecular formula is C21H23F3N4O2. The first kappa shape index (κ1) is 20.8. The molecule has 2 aliphatic rings. The lowest BCUT2D eigenvalue weighted by Crippen LogP contribution is -2.39. The number of alkyl halides is 3. The second kappa shape index (κ2) is 8.00. The molecule has 2 aromatic heterocycles. The van der Waals surface area contributed by atoms with E-state index in [-0.39, 0.29) is 22.4 Å². The van der Waals surface area contributed by atoms with Crippen LogP contribution in [0.5, 0.6) is 0 Å². The molecule has 2 fully saturated rings. The zero-order chi connectivity index (χ0) is 21.4. The van der Waals surface area contributed by atoms with Crippen LogP contribution in [-0.4, -0.2) is 45.7 Å². The summed E-state index contributed by atoms with van der Waals surface area (Å²) in [6.07, 6.45) is -0.818. The summed E-state index contributed by atoms with van der Waals surface area (Å²) in [5.74, 6) is 6.32. The molecule has 0 radical (unpaired) electrons. The van der Waals surface area contributed by atoms with E-state index in [1.54, 1.807) is 6.20 Å². The van der Waals surface area contributed by atoms with Gasteiger partial charge in [0.15, 0.2) is 6.29 Å². The summed E-state index contributed by atoms with van der Waals surface area (Å²) >= 11 is 0. The summed E-state index contributed by atoms with van der Waals surface area (Å²) in [4.78, 5) is 4.23. The second-order valence-corrected chi connectivity index (χ2v) is 8.61. The van der Waals surface area contributed by atoms with E-state index in [1.165, 1.54) is 16.9 Å². The van der Waals surface area contributed by atoms with Crippen molar-refractivity contribution in [3.8, 4) is 23.2 Å². The smallest absolute Gasteiger partial charge is 0.350 e. The van der Waals surface area contributed by atoms with Crippen LogP contribution in [0.1, 0.15) is 37.8 Å². The Hall–Kier alpha value is -2.44. The zero-order valence-electron chi connectivity index (χ0n) is 16.9. The lowest BCUT2D eigenvalue weighted by Gasteiger charge is -2.34. The monoisotopic (exact) mass is 420 g/mol. The van der Waals surface area contributed by atoms with Crippen molar-refractivity contribution in [1.82, 2.24) is 20.0 Å². The minimum atomic E-state index is -4.37. The van der Waals surface area contributed by atoms with E-state index >= 15 is 0 Å². The molecule has 1 saturated heterocycles. The molecular weight excluding hydrogens is 397 g/mol. The Morgan fingerprint density at radius 3 is 2.63 bits per heavy atom. The Morgan fingerprint density at radius 2 is 1.97 bits per heavy atom. The molecule has 30 heavy (non-hydrogen) atoms. The predicted octanol–water partition coefficient (Wildman–Crippen LogP) is 3.61. The number of hydrogen-bond donors (Lipinski definition) is 0. The van der Waals surface area contributed by atoms with Crippen molar-refractivity contribution in [1.29, 1.82) is 0 Å². The third-order valence-electron chi connectivity index (χ3n) is 4.79. The summed E-state index contributed by atoms with van der Waals surface area (Å²) in [6, 6.07) is 1.44. The van der Waals surface area contributed by atoms with Crippen LogP contribution in [-0.2, 0) is 22.4 Å². The molecule has 4 rings (SSSR count). The molecule has 0 bridgehead atoms. The Bertz CT molecular complexity index is 961. The fourth-order valence-corrected chi connectivity index (χ4v) is 3.05. The van der Waals surface area contributed by atoms with Crippen LogP contribution in [0.4, 0.5) is 13.2 Å². The number of rotatable bonds is 4. The Labute approximate surface area is 172 Å². The topological polar surface area (TPSA) is 62.1 Å². The van der Waals surface area contributed by atoms with Gasteiger partial charge < -0.3 is 9.47 Å². The van der Waals surface area contributed by atoms with Crippen molar-refractivity contribution in [3.63, 3.8) is 0 Å². The second-order valence-electron chi connectivity index (χ2n) is 8.61. The number of halogens is 3. The van der Waals surface area contributed by atoms with Gasteiger partial charge in [-0.15, -0.1) is 5.10 Å².